The minimum absolute atomic E-state index is 0. The SMILES string of the molecule is COc1cc(OC)cc(N2CCC(NC(=O)C3CC4CCCC(C3)C4N)C2)c1.Cl.Cl. The lowest BCUT2D eigenvalue weighted by molar-refractivity contribution is -0.128. The topological polar surface area (TPSA) is 76.8 Å². The van der Waals surface area contributed by atoms with Crippen molar-refractivity contribution in [1.29, 1.82) is 0 Å². The quantitative estimate of drug-likeness (QED) is 0.705. The monoisotopic (exact) mass is 459 g/mol. The van der Waals surface area contributed by atoms with Gasteiger partial charge in [0.05, 0.1) is 14.2 Å². The second-order valence-corrected chi connectivity index (χ2v) is 8.71. The standard InChI is InChI=1S/C22H33N3O3.2ClH/c1-27-19-10-18(11-20(12-19)28-2)25-7-6-17(13-25)24-22(26)16-8-14-4-3-5-15(9-16)21(14)23;;/h10-12,14-17,21H,3-9,13,23H2,1-2H3,(H,24,26);2*1H. The van der Waals surface area contributed by atoms with Crippen molar-refractivity contribution in [3.8, 4) is 11.5 Å². The summed E-state index contributed by atoms with van der Waals surface area (Å²) in [7, 11) is 3.33. The zero-order valence-corrected chi connectivity index (χ0v) is 19.5. The van der Waals surface area contributed by atoms with Gasteiger partial charge >= 0.3 is 0 Å². The molecule has 1 aromatic rings. The van der Waals surface area contributed by atoms with Crippen molar-refractivity contribution in [2.24, 2.45) is 23.5 Å². The molecule has 170 valence electrons. The van der Waals surface area contributed by atoms with Gasteiger partial charge in [0, 0.05) is 55.0 Å². The molecule has 3 aliphatic rings. The summed E-state index contributed by atoms with van der Waals surface area (Å²) >= 11 is 0. The number of hydrogen-bond donors (Lipinski definition) is 2. The molecule has 30 heavy (non-hydrogen) atoms. The first-order valence-electron chi connectivity index (χ1n) is 10.6. The van der Waals surface area contributed by atoms with Crippen molar-refractivity contribution < 1.29 is 14.3 Å². The number of nitrogens with two attached hydrogens (primary N) is 1. The summed E-state index contributed by atoms with van der Waals surface area (Å²) in [6.07, 6.45) is 6.55. The van der Waals surface area contributed by atoms with E-state index in [9.17, 15) is 4.79 Å². The summed E-state index contributed by atoms with van der Waals surface area (Å²) in [4.78, 5) is 15.2. The summed E-state index contributed by atoms with van der Waals surface area (Å²) in [6, 6.07) is 6.43. The predicted molar refractivity (Wildman–Crippen MR) is 124 cm³/mol. The highest BCUT2D eigenvalue weighted by atomic mass is 35.5. The maximum atomic E-state index is 12.9. The van der Waals surface area contributed by atoms with Crippen LogP contribution < -0.4 is 25.4 Å². The van der Waals surface area contributed by atoms with Crippen LogP contribution in [-0.2, 0) is 4.79 Å². The lowest BCUT2D eigenvalue weighted by atomic mass is 9.65. The van der Waals surface area contributed by atoms with Gasteiger partial charge in [-0.3, -0.25) is 4.79 Å². The van der Waals surface area contributed by atoms with Crippen molar-refractivity contribution in [2.45, 2.75) is 50.6 Å². The van der Waals surface area contributed by atoms with Gasteiger partial charge in [-0.05, 0) is 43.9 Å². The number of anilines is 1. The zero-order chi connectivity index (χ0) is 19.7. The normalized spacial score (nSPS) is 30.0. The Hall–Kier alpha value is -1.37. The Morgan fingerprint density at radius 3 is 2.20 bits per heavy atom. The van der Waals surface area contributed by atoms with Crippen LogP contribution in [0.25, 0.3) is 0 Å². The van der Waals surface area contributed by atoms with Crippen molar-refractivity contribution in [3.05, 3.63) is 18.2 Å². The molecule has 8 heteroatoms. The van der Waals surface area contributed by atoms with Crippen LogP contribution in [0.2, 0.25) is 0 Å². The molecule has 2 aliphatic carbocycles. The number of fused-ring (bicyclic) bond motifs is 2. The number of nitrogens with zero attached hydrogens (tertiary/aromatic N) is 1. The maximum Gasteiger partial charge on any atom is 0.223 e. The first-order chi connectivity index (χ1) is 13.6. The summed E-state index contributed by atoms with van der Waals surface area (Å²) in [5.74, 6) is 3.01. The van der Waals surface area contributed by atoms with E-state index in [1.54, 1.807) is 14.2 Å². The van der Waals surface area contributed by atoms with E-state index in [0.29, 0.717) is 17.9 Å². The molecule has 0 radical (unpaired) electrons. The van der Waals surface area contributed by atoms with Crippen LogP contribution in [0, 0.1) is 17.8 Å². The Morgan fingerprint density at radius 2 is 1.63 bits per heavy atom. The molecule has 2 bridgehead atoms. The average molecular weight is 460 g/mol. The van der Waals surface area contributed by atoms with Crippen LogP contribution in [0.4, 0.5) is 5.69 Å². The Bertz CT molecular complexity index is 685. The fourth-order valence-corrected chi connectivity index (χ4v) is 5.41. The number of methoxy groups -OCH3 is 2. The summed E-state index contributed by atoms with van der Waals surface area (Å²) in [6.45, 7) is 1.74. The van der Waals surface area contributed by atoms with Crippen LogP contribution in [-0.4, -0.2) is 45.3 Å². The third-order valence-corrected chi connectivity index (χ3v) is 7.02. The number of ether oxygens (including phenoxy) is 2. The molecule has 6 nitrogen and oxygen atoms in total. The molecule has 1 heterocycles. The largest absolute Gasteiger partial charge is 0.497 e. The van der Waals surface area contributed by atoms with Gasteiger partial charge < -0.3 is 25.4 Å². The second-order valence-electron chi connectivity index (χ2n) is 8.71. The molecule has 1 aliphatic heterocycles. The molecule has 2 saturated carbocycles. The van der Waals surface area contributed by atoms with E-state index in [-0.39, 0.29) is 42.7 Å². The summed E-state index contributed by atoms with van der Waals surface area (Å²) in [5.41, 5.74) is 7.46. The van der Waals surface area contributed by atoms with Gasteiger partial charge in [-0.25, -0.2) is 0 Å². The van der Waals surface area contributed by atoms with Crippen LogP contribution in [0.3, 0.4) is 0 Å². The predicted octanol–water partition coefficient (Wildman–Crippen LogP) is 3.40. The van der Waals surface area contributed by atoms with Crippen molar-refractivity contribution >= 4 is 36.4 Å². The Balaban J connectivity index is 0.00000160. The Labute approximate surface area is 192 Å². The number of rotatable bonds is 5. The zero-order valence-electron chi connectivity index (χ0n) is 17.8. The van der Waals surface area contributed by atoms with Gasteiger partial charge in [0.25, 0.3) is 0 Å². The van der Waals surface area contributed by atoms with E-state index < -0.39 is 0 Å². The minimum atomic E-state index is 0. The lowest BCUT2D eigenvalue weighted by Gasteiger charge is -2.43. The maximum absolute atomic E-state index is 12.9. The van der Waals surface area contributed by atoms with Gasteiger partial charge in [0.1, 0.15) is 11.5 Å². The first-order valence-corrected chi connectivity index (χ1v) is 10.6. The second kappa shape index (κ2) is 10.8. The number of amides is 1. The number of benzene rings is 1. The summed E-state index contributed by atoms with van der Waals surface area (Å²) < 4.78 is 10.8. The molecule has 3 unspecified atom stereocenters. The third-order valence-electron chi connectivity index (χ3n) is 7.02. The van der Waals surface area contributed by atoms with E-state index in [2.05, 4.69) is 10.2 Å². The van der Waals surface area contributed by atoms with E-state index in [1.165, 1.54) is 19.3 Å². The fourth-order valence-electron chi connectivity index (χ4n) is 5.41. The molecule has 4 rings (SSSR count). The van der Waals surface area contributed by atoms with Gasteiger partial charge in [-0.2, -0.15) is 0 Å². The molecule has 3 N–H and O–H groups in total. The highest BCUT2D eigenvalue weighted by Gasteiger charge is 2.41. The first kappa shape index (κ1) is 24.9. The van der Waals surface area contributed by atoms with Crippen LogP contribution in [0.1, 0.15) is 38.5 Å². The van der Waals surface area contributed by atoms with Crippen molar-refractivity contribution in [3.63, 3.8) is 0 Å². The number of hydrogen-bond acceptors (Lipinski definition) is 5. The number of nitrogens with one attached hydrogen (secondary N) is 1. The van der Waals surface area contributed by atoms with Crippen molar-refractivity contribution in [1.82, 2.24) is 5.32 Å². The molecule has 3 atom stereocenters. The Morgan fingerprint density at radius 1 is 1.03 bits per heavy atom. The van der Waals surface area contributed by atoms with Gasteiger partial charge in [0.15, 0.2) is 0 Å². The van der Waals surface area contributed by atoms with Crippen LogP contribution in [0.5, 0.6) is 11.5 Å². The van der Waals surface area contributed by atoms with Gasteiger partial charge in [0.2, 0.25) is 5.91 Å². The average Bonchev–Trinajstić information content (AvgIpc) is 3.15. The smallest absolute Gasteiger partial charge is 0.223 e. The highest BCUT2D eigenvalue weighted by molar-refractivity contribution is 5.85. The number of carbonyl (C=O) groups is 1. The molecule has 1 amide bonds. The molecular formula is C22H35Cl2N3O3. The van der Waals surface area contributed by atoms with Gasteiger partial charge in [-0.1, -0.05) is 6.42 Å². The third kappa shape index (κ3) is 5.27. The fraction of sp³-hybridized carbons (Fsp3) is 0.682. The van der Waals surface area contributed by atoms with Gasteiger partial charge in [-0.15, -0.1) is 24.8 Å². The molecule has 0 aromatic heterocycles. The molecule has 0 spiro atoms. The lowest BCUT2D eigenvalue weighted by Crippen LogP contribution is -2.50. The molecular weight excluding hydrogens is 425 g/mol. The van der Waals surface area contributed by atoms with E-state index in [0.717, 1.165) is 49.5 Å². The summed E-state index contributed by atoms with van der Waals surface area (Å²) in [5, 5.41) is 3.33. The minimum Gasteiger partial charge on any atom is -0.497 e. The molecule has 1 aromatic carbocycles. The van der Waals surface area contributed by atoms with Crippen LogP contribution in [0.15, 0.2) is 18.2 Å². The van der Waals surface area contributed by atoms with E-state index >= 15 is 0 Å². The Kier molecular flexibility index (Phi) is 8.95. The molecule has 1 saturated heterocycles. The van der Waals surface area contributed by atoms with E-state index in [4.69, 9.17) is 15.2 Å². The highest BCUT2D eigenvalue weighted by Crippen LogP contribution is 2.42. The van der Waals surface area contributed by atoms with Crippen molar-refractivity contribution in [2.75, 3.05) is 32.2 Å². The number of carbonyl (C=O) groups excluding carboxylic acids is 1. The molecule has 3 fully saturated rings. The van der Waals surface area contributed by atoms with E-state index in [1.807, 2.05) is 18.2 Å². The number of halogens is 2. The van der Waals surface area contributed by atoms with Crippen LogP contribution >= 0.6 is 24.8 Å².